The number of aliphatic imine (C=N–C) groups is 1. The van der Waals surface area contributed by atoms with Crippen molar-refractivity contribution in [3.05, 3.63) is 75.2 Å². The van der Waals surface area contributed by atoms with E-state index in [9.17, 15) is 15.0 Å². The number of phenolic OH excluding ortho intramolecular Hbond substituents is 2. The Labute approximate surface area is 184 Å². The lowest BCUT2D eigenvalue weighted by Crippen LogP contribution is -2.32. The average Bonchev–Trinajstić information content (AvgIpc) is 2.74. The molecule has 1 aliphatic carbocycles. The lowest BCUT2D eigenvalue weighted by Gasteiger charge is -2.28. The second-order valence-electron chi connectivity index (χ2n) is 7.66. The summed E-state index contributed by atoms with van der Waals surface area (Å²) in [7, 11) is 0. The Balaban J connectivity index is 0.00000218. The number of rotatable bonds is 2. The first-order valence-corrected chi connectivity index (χ1v) is 9.87. The molecule has 3 aromatic rings. The largest absolute Gasteiger partial charge is 0.504 e. The number of H-pyrrole nitrogens is 1. The molecule has 1 atom stereocenters. The molecule has 0 amide bonds. The van der Waals surface area contributed by atoms with Gasteiger partial charge >= 0.3 is 0 Å². The molecule has 2 heterocycles. The van der Waals surface area contributed by atoms with Gasteiger partial charge in [-0.2, -0.15) is 0 Å². The van der Waals surface area contributed by atoms with Gasteiger partial charge in [-0.05, 0) is 43.4 Å². The minimum absolute atomic E-state index is 0. The van der Waals surface area contributed by atoms with E-state index in [1.165, 1.54) is 0 Å². The number of nitrogens with zero attached hydrogens (tertiary/aromatic N) is 2. The van der Waals surface area contributed by atoms with Crippen LogP contribution in [0.25, 0.3) is 11.4 Å². The second kappa shape index (κ2) is 8.07. The quantitative estimate of drug-likeness (QED) is 0.501. The van der Waals surface area contributed by atoms with E-state index in [4.69, 9.17) is 9.98 Å². The van der Waals surface area contributed by atoms with E-state index in [0.29, 0.717) is 25.2 Å². The third-order valence-corrected chi connectivity index (χ3v) is 5.85. The number of halogens is 1. The summed E-state index contributed by atoms with van der Waals surface area (Å²) in [5, 5.41) is 19.8. The number of aromatic amines is 1. The van der Waals surface area contributed by atoms with Crippen molar-refractivity contribution >= 4 is 22.7 Å². The monoisotopic (exact) mass is 467 g/mol. The molecule has 0 saturated heterocycles. The Morgan fingerprint density at radius 2 is 1.80 bits per heavy atom. The van der Waals surface area contributed by atoms with Crippen LogP contribution in [-0.2, 0) is 19.3 Å². The first-order chi connectivity index (χ1) is 14.1. The molecular weight excluding hydrogens is 446 g/mol. The van der Waals surface area contributed by atoms with Crippen LogP contribution in [0.2, 0.25) is 0 Å². The third kappa shape index (κ3) is 3.54. The number of nitrogens with one attached hydrogen (secondary N) is 1. The van der Waals surface area contributed by atoms with E-state index in [2.05, 4.69) is 4.98 Å². The lowest BCUT2D eigenvalue weighted by atomic mass is 9.79. The van der Waals surface area contributed by atoms with Crippen LogP contribution in [0, 0.1) is 5.92 Å². The highest BCUT2D eigenvalue weighted by Gasteiger charge is 2.30. The maximum absolute atomic E-state index is 12.8. The first-order valence-electron chi connectivity index (χ1n) is 9.87. The first kappa shape index (κ1) is 20.3. The molecule has 0 bridgehead atoms. The molecule has 2 aliphatic rings. The number of aryl methyl sites for hydroxylation is 1. The molecule has 7 heteroatoms. The van der Waals surface area contributed by atoms with Crippen LogP contribution < -0.4 is 5.56 Å². The predicted octanol–water partition coefficient (Wildman–Crippen LogP) is 3.58. The van der Waals surface area contributed by atoms with E-state index >= 15 is 0 Å². The van der Waals surface area contributed by atoms with Gasteiger partial charge in [0, 0.05) is 34.9 Å². The second-order valence-corrected chi connectivity index (χ2v) is 7.66. The highest BCUT2D eigenvalue weighted by Crippen LogP contribution is 2.35. The molecule has 30 heavy (non-hydrogen) atoms. The van der Waals surface area contributed by atoms with Gasteiger partial charge in [-0.25, -0.2) is 4.98 Å². The Bertz CT molecular complexity index is 1190. The van der Waals surface area contributed by atoms with Crippen LogP contribution in [0.3, 0.4) is 0 Å². The van der Waals surface area contributed by atoms with Crippen LogP contribution in [0.1, 0.15) is 28.8 Å². The van der Waals surface area contributed by atoms with Crippen molar-refractivity contribution in [3.63, 3.8) is 0 Å². The standard InChI is InChI=1S/C23H21N3O3.BrH/c27-19-11-14-8-9-24-21(16(14)12-20(19)28)15-6-7-18-17(10-15)23(29)26-22(25-18)13-4-2-1-3-5-13;/h1-5,11-12,15,27-28H,6-10H2,(H,25,26,29);1H. The Morgan fingerprint density at radius 3 is 2.60 bits per heavy atom. The molecule has 1 unspecified atom stereocenters. The molecule has 6 nitrogen and oxygen atoms in total. The smallest absolute Gasteiger partial charge is 0.254 e. The molecular formula is C23H22BrN3O3. The normalized spacial score (nSPS) is 17.3. The molecule has 0 fully saturated rings. The zero-order valence-electron chi connectivity index (χ0n) is 16.3. The number of hydrogen-bond acceptors (Lipinski definition) is 5. The minimum Gasteiger partial charge on any atom is -0.504 e. The van der Waals surface area contributed by atoms with Gasteiger partial charge in [0.25, 0.3) is 5.56 Å². The van der Waals surface area contributed by atoms with Crippen molar-refractivity contribution in [1.29, 1.82) is 0 Å². The number of aromatic hydroxyl groups is 2. The van der Waals surface area contributed by atoms with Crippen LogP contribution in [0.4, 0.5) is 0 Å². The van der Waals surface area contributed by atoms with Crippen LogP contribution in [0.5, 0.6) is 11.5 Å². The third-order valence-electron chi connectivity index (χ3n) is 5.85. The van der Waals surface area contributed by atoms with Crippen LogP contribution in [0.15, 0.2) is 52.3 Å². The minimum atomic E-state index is -0.137. The van der Waals surface area contributed by atoms with Gasteiger partial charge in [0.1, 0.15) is 5.82 Å². The van der Waals surface area contributed by atoms with Gasteiger partial charge in [-0.1, -0.05) is 30.3 Å². The maximum atomic E-state index is 12.8. The number of aromatic nitrogens is 2. The number of fused-ring (bicyclic) bond motifs is 2. The van der Waals surface area contributed by atoms with Crippen molar-refractivity contribution in [2.24, 2.45) is 10.9 Å². The van der Waals surface area contributed by atoms with E-state index in [0.717, 1.165) is 46.5 Å². The molecule has 0 radical (unpaired) electrons. The summed E-state index contributed by atoms with van der Waals surface area (Å²) in [6.45, 7) is 0.650. The van der Waals surface area contributed by atoms with Crippen molar-refractivity contribution in [3.8, 4) is 22.9 Å². The lowest BCUT2D eigenvalue weighted by molar-refractivity contribution is 0.403. The van der Waals surface area contributed by atoms with Gasteiger partial charge in [-0.15, -0.1) is 17.0 Å². The fraction of sp³-hybridized carbons (Fsp3) is 0.261. The van der Waals surface area contributed by atoms with Gasteiger partial charge in [0.2, 0.25) is 0 Å². The van der Waals surface area contributed by atoms with Crippen LogP contribution >= 0.6 is 17.0 Å². The van der Waals surface area contributed by atoms with Gasteiger partial charge < -0.3 is 15.2 Å². The summed E-state index contributed by atoms with van der Waals surface area (Å²) >= 11 is 0. The summed E-state index contributed by atoms with van der Waals surface area (Å²) in [6, 6.07) is 12.9. The van der Waals surface area contributed by atoms with E-state index < -0.39 is 0 Å². The molecule has 1 aliphatic heterocycles. The summed E-state index contributed by atoms with van der Waals surface area (Å²) in [5.74, 6) is 0.458. The summed E-state index contributed by atoms with van der Waals surface area (Å²) in [6.07, 6.45) is 2.87. The number of benzene rings is 2. The maximum Gasteiger partial charge on any atom is 0.254 e. The van der Waals surface area contributed by atoms with Gasteiger partial charge in [0.05, 0.1) is 5.69 Å². The van der Waals surface area contributed by atoms with Crippen molar-refractivity contribution in [2.75, 3.05) is 6.54 Å². The van der Waals surface area contributed by atoms with Crippen LogP contribution in [-0.4, -0.2) is 32.4 Å². The SMILES string of the molecule is Br.O=c1[nH]c(-c2ccccc2)nc2c1CC(C1=NCCc3cc(O)c(O)cc31)CC2. The van der Waals surface area contributed by atoms with E-state index in [1.807, 2.05) is 30.3 Å². The molecule has 5 rings (SSSR count). The molecule has 0 spiro atoms. The molecule has 154 valence electrons. The zero-order chi connectivity index (χ0) is 20.0. The summed E-state index contributed by atoms with van der Waals surface area (Å²) < 4.78 is 0. The van der Waals surface area contributed by atoms with Gasteiger partial charge in [-0.3, -0.25) is 9.79 Å². The summed E-state index contributed by atoms with van der Waals surface area (Å²) in [5.41, 5.74) is 5.17. The number of hydrogen-bond donors (Lipinski definition) is 3. The molecule has 0 saturated carbocycles. The summed E-state index contributed by atoms with van der Waals surface area (Å²) in [4.78, 5) is 25.2. The van der Waals surface area contributed by atoms with Gasteiger partial charge in [0.15, 0.2) is 11.5 Å². The zero-order valence-corrected chi connectivity index (χ0v) is 18.0. The topological polar surface area (TPSA) is 98.6 Å². The fourth-order valence-electron chi connectivity index (χ4n) is 4.38. The highest BCUT2D eigenvalue weighted by atomic mass is 79.9. The molecule has 3 N–H and O–H groups in total. The predicted molar refractivity (Wildman–Crippen MR) is 121 cm³/mol. The van der Waals surface area contributed by atoms with E-state index in [-0.39, 0.29) is 40.0 Å². The highest BCUT2D eigenvalue weighted by molar-refractivity contribution is 8.93. The molecule has 2 aromatic carbocycles. The fourth-order valence-corrected chi connectivity index (χ4v) is 4.38. The van der Waals surface area contributed by atoms with Crippen molar-refractivity contribution in [2.45, 2.75) is 25.7 Å². The Kier molecular flexibility index (Phi) is 5.47. The number of phenols is 2. The Hall–Kier alpha value is -2.93. The van der Waals surface area contributed by atoms with Crippen molar-refractivity contribution in [1.82, 2.24) is 9.97 Å². The molecule has 1 aromatic heterocycles. The van der Waals surface area contributed by atoms with E-state index in [1.54, 1.807) is 12.1 Å². The Morgan fingerprint density at radius 1 is 1.03 bits per heavy atom. The van der Waals surface area contributed by atoms with Crippen molar-refractivity contribution < 1.29 is 10.2 Å². The average molecular weight is 468 g/mol.